The second-order valence-electron chi connectivity index (χ2n) is 4.14. The standard InChI is InChI=1S/C12H18N4S/c1-5-16(8(2)3)10-9-6-7-17-11(9)15-12(13-4)14-10/h6-8H,5H2,1-4H3,(H,13,14,15). The van der Waals surface area contributed by atoms with Crippen molar-refractivity contribution in [3.63, 3.8) is 0 Å². The molecule has 0 aliphatic rings. The molecule has 0 bridgehead atoms. The molecule has 0 spiro atoms. The van der Waals surface area contributed by atoms with Crippen LogP contribution in [0.4, 0.5) is 11.8 Å². The van der Waals surface area contributed by atoms with Crippen LogP contribution in [0.5, 0.6) is 0 Å². The summed E-state index contributed by atoms with van der Waals surface area (Å²) in [4.78, 5) is 12.4. The summed E-state index contributed by atoms with van der Waals surface area (Å²) in [7, 11) is 1.85. The average Bonchev–Trinajstić information content (AvgIpc) is 2.77. The van der Waals surface area contributed by atoms with Gasteiger partial charge < -0.3 is 10.2 Å². The number of nitrogens with zero attached hydrogens (tertiary/aromatic N) is 3. The fourth-order valence-electron chi connectivity index (χ4n) is 1.93. The number of fused-ring (bicyclic) bond motifs is 1. The van der Waals surface area contributed by atoms with Gasteiger partial charge in [-0.15, -0.1) is 11.3 Å². The number of nitrogens with one attached hydrogen (secondary N) is 1. The molecule has 0 radical (unpaired) electrons. The van der Waals surface area contributed by atoms with E-state index in [0.29, 0.717) is 12.0 Å². The van der Waals surface area contributed by atoms with E-state index in [1.54, 1.807) is 11.3 Å². The largest absolute Gasteiger partial charge is 0.357 e. The van der Waals surface area contributed by atoms with Crippen LogP contribution in [0.2, 0.25) is 0 Å². The quantitative estimate of drug-likeness (QED) is 0.905. The first-order chi connectivity index (χ1) is 8.17. The maximum atomic E-state index is 4.59. The summed E-state index contributed by atoms with van der Waals surface area (Å²) in [5.41, 5.74) is 0. The number of thiophene rings is 1. The van der Waals surface area contributed by atoms with Crippen LogP contribution in [0.3, 0.4) is 0 Å². The SMILES string of the molecule is CCN(c1nc(NC)nc2sccc12)C(C)C. The number of rotatable bonds is 4. The predicted octanol–water partition coefficient (Wildman–Crippen LogP) is 2.97. The van der Waals surface area contributed by atoms with Crippen molar-refractivity contribution in [2.45, 2.75) is 26.8 Å². The van der Waals surface area contributed by atoms with Gasteiger partial charge in [-0.25, -0.2) is 4.98 Å². The summed E-state index contributed by atoms with van der Waals surface area (Å²) in [6.07, 6.45) is 0. The van der Waals surface area contributed by atoms with E-state index < -0.39 is 0 Å². The van der Waals surface area contributed by atoms with E-state index >= 15 is 0 Å². The summed E-state index contributed by atoms with van der Waals surface area (Å²) < 4.78 is 0. The van der Waals surface area contributed by atoms with Gasteiger partial charge in [-0.3, -0.25) is 0 Å². The third-order valence-electron chi connectivity index (χ3n) is 2.76. The van der Waals surface area contributed by atoms with Gasteiger partial charge in [-0.2, -0.15) is 4.98 Å². The molecule has 2 aromatic heterocycles. The number of hydrogen-bond donors (Lipinski definition) is 1. The molecule has 0 saturated heterocycles. The van der Waals surface area contributed by atoms with Gasteiger partial charge in [0.05, 0.1) is 5.39 Å². The minimum absolute atomic E-state index is 0.433. The van der Waals surface area contributed by atoms with Crippen LogP contribution in [0.1, 0.15) is 20.8 Å². The second-order valence-corrected chi connectivity index (χ2v) is 5.03. The third-order valence-corrected chi connectivity index (χ3v) is 3.57. The lowest BCUT2D eigenvalue weighted by Gasteiger charge is -2.27. The maximum absolute atomic E-state index is 4.59. The second kappa shape index (κ2) is 4.87. The van der Waals surface area contributed by atoms with Crippen molar-refractivity contribution in [2.24, 2.45) is 0 Å². The van der Waals surface area contributed by atoms with Crippen molar-refractivity contribution in [3.8, 4) is 0 Å². The highest BCUT2D eigenvalue weighted by molar-refractivity contribution is 7.16. The van der Waals surface area contributed by atoms with Crippen molar-refractivity contribution in [3.05, 3.63) is 11.4 Å². The molecule has 5 heteroatoms. The molecule has 2 rings (SSSR count). The molecule has 0 fully saturated rings. The molecule has 17 heavy (non-hydrogen) atoms. The van der Waals surface area contributed by atoms with E-state index in [-0.39, 0.29) is 0 Å². The Morgan fingerprint density at radius 2 is 2.18 bits per heavy atom. The lowest BCUT2D eigenvalue weighted by molar-refractivity contribution is 0.696. The van der Waals surface area contributed by atoms with Crippen LogP contribution < -0.4 is 10.2 Å². The summed E-state index contributed by atoms with van der Waals surface area (Å²) in [5, 5.41) is 6.23. The number of anilines is 2. The smallest absolute Gasteiger partial charge is 0.225 e. The molecule has 4 nitrogen and oxygen atoms in total. The Bertz CT molecular complexity index is 506. The van der Waals surface area contributed by atoms with Crippen LogP contribution in [0.15, 0.2) is 11.4 Å². The molecule has 2 heterocycles. The lowest BCUT2D eigenvalue weighted by Crippen LogP contribution is -2.31. The highest BCUT2D eigenvalue weighted by Gasteiger charge is 2.16. The Balaban J connectivity index is 2.60. The Kier molecular flexibility index (Phi) is 3.47. The van der Waals surface area contributed by atoms with Crippen LogP contribution in [0.25, 0.3) is 10.2 Å². The number of hydrogen-bond acceptors (Lipinski definition) is 5. The van der Waals surface area contributed by atoms with Crippen LogP contribution in [0, 0.1) is 0 Å². The fraction of sp³-hybridized carbons (Fsp3) is 0.500. The first kappa shape index (κ1) is 12.1. The monoisotopic (exact) mass is 250 g/mol. The van der Waals surface area contributed by atoms with Gasteiger partial charge in [-0.1, -0.05) is 0 Å². The van der Waals surface area contributed by atoms with Crippen molar-refractivity contribution in [1.29, 1.82) is 0 Å². The Hall–Kier alpha value is -1.36. The Labute approximate surface area is 106 Å². The lowest BCUT2D eigenvalue weighted by atomic mass is 10.2. The average molecular weight is 250 g/mol. The number of aromatic nitrogens is 2. The highest BCUT2D eigenvalue weighted by Crippen LogP contribution is 2.29. The first-order valence-electron chi connectivity index (χ1n) is 5.87. The zero-order valence-electron chi connectivity index (χ0n) is 10.7. The van der Waals surface area contributed by atoms with Gasteiger partial charge in [0.25, 0.3) is 0 Å². The minimum Gasteiger partial charge on any atom is -0.357 e. The molecular formula is C12H18N4S. The Morgan fingerprint density at radius 3 is 2.76 bits per heavy atom. The van der Waals surface area contributed by atoms with Crippen molar-refractivity contribution in [1.82, 2.24) is 9.97 Å². The minimum atomic E-state index is 0.433. The molecule has 0 aromatic carbocycles. The van der Waals surface area contributed by atoms with Gasteiger partial charge >= 0.3 is 0 Å². The molecule has 0 unspecified atom stereocenters. The van der Waals surface area contributed by atoms with Gasteiger partial charge in [0.15, 0.2) is 0 Å². The molecule has 92 valence electrons. The van der Waals surface area contributed by atoms with E-state index in [2.05, 4.69) is 52.4 Å². The summed E-state index contributed by atoms with van der Waals surface area (Å²) in [6, 6.07) is 2.53. The zero-order chi connectivity index (χ0) is 12.4. The molecule has 2 aromatic rings. The van der Waals surface area contributed by atoms with Crippen LogP contribution in [-0.4, -0.2) is 29.6 Å². The highest BCUT2D eigenvalue weighted by atomic mass is 32.1. The van der Waals surface area contributed by atoms with E-state index in [4.69, 9.17) is 0 Å². The Morgan fingerprint density at radius 1 is 1.41 bits per heavy atom. The van der Waals surface area contributed by atoms with Gasteiger partial charge in [0, 0.05) is 19.6 Å². The fourth-order valence-corrected chi connectivity index (χ4v) is 2.69. The van der Waals surface area contributed by atoms with Gasteiger partial charge in [-0.05, 0) is 32.2 Å². The topological polar surface area (TPSA) is 41.1 Å². The van der Waals surface area contributed by atoms with E-state index in [1.807, 2.05) is 7.05 Å². The molecule has 0 aliphatic carbocycles. The molecule has 0 aliphatic heterocycles. The third kappa shape index (κ3) is 2.20. The summed E-state index contributed by atoms with van der Waals surface area (Å²) in [6.45, 7) is 7.47. The van der Waals surface area contributed by atoms with Crippen molar-refractivity contribution < 1.29 is 0 Å². The zero-order valence-corrected chi connectivity index (χ0v) is 11.5. The van der Waals surface area contributed by atoms with Crippen molar-refractivity contribution in [2.75, 3.05) is 23.8 Å². The summed E-state index contributed by atoms with van der Waals surface area (Å²) in [5.74, 6) is 1.71. The van der Waals surface area contributed by atoms with Crippen LogP contribution >= 0.6 is 11.3 Å². The van der Waals surface area contributed by atoms with E-state index in [9.17, 15) is 0 Å². The van der Waals surface area contributed by atoms with Gasteiger partial charge in [0.1, 0.15) is 10.6 Å². The van der Waals surface area contributed by atoms with Crippen molar-refractivity contribution >= 4 is 33.3 Å². The molecule has 1 N–H and O–H groups in total. The van der Waals surface area contributed by atoms with Crippen LogP contribution in [-0.2, 0) is 0 Å². The molecule has 0 saturated carbocycles. The van der Waals surface area contributed by atoms with E-state index in [0.717, 1.165) is 22.6 Å². The normalized spacial score (nSPS) is 11.1. The molecule has 0 amide bonds. The van der Waals surface area contributed by atoms with Gasteiger partial charge in [0.2, 0.25) is 5.95 Å². The maximum Gasteiger partial charge on any atom is 0.225 e. The molecular weight excluding hydrogens is 232 g/mol. The van der Waals surface area contributed by atoms with E-state index in [1.165, 1.54) is 0 Å². The first-order valence-corrected chi connectivity index (χ1v) is 6.75. The summed E-state index contributed by atoms with van der Waals surface area (Å²) >= 11 is 1.65. The predicted molar refractivity (Wildman–Crippen MR) is 75.1 cm³/mol. The molecule has 0 atom stereocenters.